The van der Waals surface area contributed by atoms with Gasteiger partial charge in [-0.15, -0.1) is 0 Å². The van der Waals surface area contributed by atoms with Crippen molar-refractivity contribution < 1.29 is 28.1 Å². The summed E-state index contributed by atoms with van der Waals surface area (Å²) < 4.78 is 36.4. The van der Waals surface area contributed by atoms with Crippen LogP contribution in [0.4, 0.5) is 4.39 Å². The van der Waals surface area contributed by atoms with E-state index in [1.165, 1.54) is 30.3 Å². The molecule has 0 bridgehead atoms. The van der Waals surface area contributed by atoms with Crippen molar-refractivity contribution in [2.75, 3.05) is 6.61 Å². The molecule has 1 atom stereocenters. The minimum Gasteiger partial charge on any atom is -0.490 e. The van der Waals surface area contributed by atoms with Crippen molar-refractivity contribution in [3.8, 4) is 29.1 Å². The van der Waals surface area contributed by atoms with Gasteiger partial charge in [0.05, 0.1) is 18.1 Å². The molecule has 41 heavy (non-hydrogen) atoms. The van der Waals surface area contributed by atoms with Gasteiger partial charge in [-0.2, -0.15) is 5.26 Å². The third-order valence-corrected chi connectivity index (χ3v) is 6.64. The number of rotatable bonds is 8. The maximum Gasteiger partial charge on any atom is 0.343 e. The number of allylic oxidation sites excluding steroid dienone is 1. The Bertz CT molecular complexity index is 1660. The van der Waals surface area contributed by atoms with E-state index >= 15 is 0 Å². The molecule has 1 aliphatic heterocycles. The lowest BCUT2D eigenvalue weighted by Crippen LogP contribution is -2.21. The molecule has 0 saturated carbocycles. The number of hydrogen-bond donors (Lipinski definition) is 1. The van der Waals surface area contributed by atoms with Gasteiger partial charge < -0.3 is 24.7 Å². The van der Waals surface area contributed by atoms with Crippen LogP contribution in [-0.2, 0) is 6.61 Å². The van der Waals surface area contributed by atoms with Crippen LogP contribution in [-0.4, -0.2) is 12.6 Å². The highest BCUT2D eigenvalue weighted by molar-refractivity contribution is 6.30. The number of ether oxygens (including phenoxy) is 4. The van der Waals surface area contributed by atoms with Crippen molar-refractivity contribution in [3.05, 3.63) is 129 Å². The van der Waals surface area contributed by atoms with Gasteiger partial charge in [-0.05, 0) is 72.6 Å². The first-order chi connectivity index (χ1) is 19.9. The van der Waals surface area contributed by atoms with E-state index < -0.39 is 17.7 Å². The van der Waals surface area contributed by atoms with Crippen LogP contribution in [0.1, 0.15) is 39.9 Å². The summed E-state index contributed by atoms with van der Waals surface area (Å²) in [4.78, 5) is 12.5. The first-order valence-corrected chi connectivity index (χ1v) is 13.1. The zero-order valence-electron chi connectivity index (χ0n) is 21.9. The summed E-state index contributed by atoms with van der Waals surface area (Å²) in [5.41, 5.74) is 8.90. The standard InChI is InChI=1S/C32H24ClFN2O5/c1-2-38-29-15-21(7-14-27(29)39-18-19-3-8-22(33)9-4-19)30-25-13-12-24(16-28(25)41-31(36)26(30)17-35)40-32(37)20-5-10-23(34)11-6-20/h3-16,30H,2,18,36H2,1H3. The lowest BCUT2D eigenvalue weighted by molar-refractivity contribution is 0.0734. The van der Waals surface area contributed by atoms with Gasteiger partial charge in [0.25, 0.3) is 0 Å². The van der Waals surface area contributed by atoms with Crippen molar-refractivity contribution in [2.45, 2.75) is 19.4 Å². The largest absolute Gasteiger partial charge is 0.490 e. The fourth-order valence-corrected chi connectivity index (χ4v) is 4.55. The Labute approximate surface area is 241 Å². The third-order valence-electron chi connectivity index (χ3n) is 6.39. The van der Waals surface area contributed by atoms with Crippen molar-refractivity contribution in [2.24, 2.45) is 5.73 Å². The van der Waals surface area contributed by atoms with E-state index in [0.29, 0.717) is 41.0 Å². The zero-order chi connectivity index (χ0) is 28.9. The van der Waals surface area contributed by atoms with Crippen molar-refractivity contribution in [1.29, 1.82) is 5.26 Å². The van der Waals surface area contributed by atoms with Crippen molar-refractivity contribution in [3.63, 3.8) is 0 Å². The number of fused-ring (bicyclic) bond motifs is 1. The number of hydrogen-bond acceptors (Lipinski definition) is 7. The molecule has 1 heterocycles. The van der Waals surface area contributed by atoms with Gasteiger partial charge in [0.15, 0.2) is 11.5 Å². The maximum absolute atomic E-state index is 13.2. The average Bonchev–Trinajstić information content (AvgIpc) is 2.97. The lowest BCUT2D eigenvalue weighted by atomic mass is 9.83. The second-order valence-electron chi connectivity index (χ2n) is 9.08. The molecule has 206 valence electrons. The number of benzene rings is 4. The Morgan fingerprint density at radius 3 is 2.46 bits per heavy atom. The Balaban J connectivity index is 1.44. The Kier molecular flexibility index (Phi) is 8.09. The molecule has 0 aliphatic carbocycles. The second kappa shape index (κ2) is 12.0. The fraction of sp³-hybridized carbons (Fsp3) is 0.125. The van der Waals surface area contributed by atoms with Crippen LogP contribution in [0.15, 0.2) is 96.4 Å². The molecule has 4 aromatic carbocycles. The van der Waals surface area contributed by atoms with Gasteiger partial charge in [0.1, 0.15) is 35.6 Å². The number of nitriles is 1. The van der Waals surface area contributed by atoms with Gasteiger partial charge in [0, 0.05) is 16.7 Å². The number of esters is 1. The summed E-state index contributed by atoms with van der Waals surface area (Å²) in [6, 6.07) is 24.8. The molecule has 4 aromatic rings. The van der Waals surface area contributed by atoms with Gasteiger partial charge >= 0.3 is 5.97 Å². The summed E-state index contributed by atoms with van der Waals surface area (Å²) >= 11 is 5.98. The average molecular weight is 571 g/mol. The zero-order valence-corrected chi connectivity index (χ0v) is 22.7. The maximum atomic E-state index is 13.2. The smallest absolute Gasteiger partial charge is 0.343 e. The summed E-state index contributed by atoms with van der Waals surface area (Å²) in [5.74, 6) is -0.178. The number of nitrogens with two attached hydrogens (primary N) is 1. The number of halogens is 2. The highest BCUT2D eigenvalue weighted by Gasteiger charge is 2.32. The minimum absolute atomic E-state index is 0.0620. The van der Waals surface area contributed by atoms with E-state index in [9.17, 15) is 14.4 Å². The molecule has 0 radical (unpaired) electrons. The summed E-state index contributed by atoms with van der Waals surface area (Å²) in [7, 11) is 0. The van der Waals surface area contributed by atoms with Gasteiger partial charge in [-0.25, -0.2) is 9.18 Å². The second-order valence-corrected chi connectivity index (χ2v) is 9.51. The summed E-state index contributed by atoms with van der Waals surface area (Å²) in [5, 5.41) is 10.6. The molecular formula is C32H24ClFN2O5. The highest BCUT2D eigenvalue weighted by Crippen LogP contribution is 2.45. The Morgan fingerprint density at radius 2 is 1.76 bits per heavy atom. The fourth-order valence-electron chi connectivity index (χ4n) is 4.43. The van der Waals surface area contributed by atoms with Crippen molar-refractivity contribution in [1.82, 2.24) is 0 Å². The first kappa shape index (κ1) is 27.6. The number of carbonyl (C=O) groups is 1. The molecule has 0 amide bonds. The van der Waals surface area contributed by atoms with E-state index in [4.69, 9.17) is 36.3 Å². The molecule has 2 N–H and O–H groups in total. The van der Waals surface area contributed by atoms with Crippen LogP contribution in [0.2, 0.25) is 5.02 Å². The molecule has 9 heteroatoms. The van der Waals surface area contributed by atoms with Gasteiger partial charge in [-0.3, -0.25) is 0 Å². The lowest BCUT2D eigenvalue weighted by Gasteiger charge is -2.27. The van der Waals surface area contributed by atoms with E-state index in [0.717, 1.165) is 11.1 Å². The van der Waals surface area contributed by atoms with E-state index in [2.05, 4.69) is 6.07 Å². The van der Waals surface area contributed by atoms with E-state index in [1.54, 1.807) is 30.3 Å². The van der Waals surface area contributed by atoms with E-state index in [1.807, 2.05) is 31.2 Å². The van der Waals surface area contributed by atoms with Gasteiger partial charge in [-0.1, -0.05) is 35.9 Å². The van der Waals surface area contributed by atoms with Crippen molar-refractivity contribution >= 4 is 17.6 Å². The molecule has 7 nitrogen and oxygen atoms in total. The van der Waals surface area contributed by atoms with Gasteiger partial charge in [0.2, 0.25) is 5.88 Å². The monoisotopic (exact) mass is 570 g/mol. The molecule has 5 rings (SSSR count). The summed E-state index contributed by atoms with van der Waals surface area (Å²) in [6.45, 7) is 2.58. The Hall–Kier alpha value is -5.00. The molecule has 1 unspecified atom stereocenters. The quantitative estimate of drug-likeness (QED) is 0.182. The van der Waals surface area contributed by atoms with Crippen LogP contribution >= 0.6 is 11.6 Å². The van der Waals surface area contributed by atoms with Crippen LogP contribution in [0, 0.1) is 17.1 Å². The molecule has 1 aliphatic rings. The molecular weight excluding hydrogens is 547 g/mol. The normalized spacial score (nSPS) is 14.0. The van der Waals surface area contributed by atoms with E-state index in [-0.39, 0.29) is 22.8 Å². The molecule has 0 fully saturated rings. The topological polar surface area (TPSA) is 104 Å². The van der Waals surface area contributed by atoms with Crippen LogP contribution in [0.25, 0.3) is 0 Å². The Morgan fingerprint density at radius 1 is 1.00 bits per heavy atom. The molecule has 0 spiro atoms. The predicted octanol–water partition coefficient (Wildman–Crippen LogP) is 6.89. The summed E-state index contributed by atoms with van der Waals surface area (Å²) in [6.07, 6.45) is 0. The number of carbonyl (C=O) groups excluding carboxylic acids is 1. The molecule has 0 aromatic heterocycles. The third kappa shape index (κ3) is 6.11. The van der Waals surface area contributed by atoms with Crippen LogP contribution in [0.5, 0.6) is 23.0 Å². The predicted molar refractivity (Wildman–Crippen MR) is 150 cm³/mol. The SMILES string of the molecule is CCOc1cc(C2C(C#N)=C(N)Oc3cc(OC(=O)c4ccc(F)cc4)ccc32)ccc1OCc1ccc(Cl)cc1. The first-order valence-electron chi connectivity index (χ1n) is 12.7. The van der Waals surface area contributed by atoms with Crippen LogP contribution in [0.3, 0.4) is 0 Å². The molecule has 0 saturated heterocycles. The number of nitrogens with zero attached hydrogens (tertiary/aromatic N) is 1. The van der Waals surface area contributed by atoms with Crippen LogP contribution < -0.4 is 24.7 Å². The minimum atomic E-state index is -0.658. The highest BCUT2D eigenvalue weighted by atomic mass is 35.5.